The van der Waals surface area contributed by atoms with Crippen molar-refractivity contribution in [3.05, 3.63) is 35.9 Å². The Labute approximate surface area is 66.8 Å². The van der Waals surface area contributed by atoms with Gasteiger partial charge in [0.1, 0.15) is 0 Å². The Morgan fingerprint density at radius 2 is 2.00 bits per heavy atom. The molecule has 0 fully saturated rings. The Balaban J connectivity index is 2.51. The van der Waals surface area contributed by atoms with E-state index in [2.05, 4.69) is 5.48 Å². The van der Waals surface area contributed by atoms with E-state index in [1.165, 1.54) is 5.56 Å². The minimum atomic E-state index is 0.123. The van der Waals surface area contributed by atoms with Crippen molar-refractivity contribution in [1.82, 2.24) is 5.48 Å². The third kappa shape index (κ3) is 2.70. The molecule has 1 aromatic carbocycles. The predicted molar refractivity (Wildman–Crippen MR) is 44.5 cm³/mol. The van der Waals surface area contributed by atoms with Crippen molar-refractivity contribution in [3.63, 3.8) is 0 Å². The van der Waals surface area contributed by atoms with Gasteiger partial charge in [-0.05, 0) is 18.9 Å². The van der Waals surface area contributed by atoms with Crippen molar-refractivity contribution < 1.29 is 5.21 Å². The first kappa shape index (κ1) is 8.24. The first-order valence-corrected chi connectivity index (χ1v) is 3.76. The maximum absolute atomic E-state index is 8.55. The van der Waals surface area contributed by atoms with E-state index in [9.17, 15) is 0 Å². The molecule has 0 spiro atoms. The number of rotatable bonds is 3. The quantitative estimate of drug-likeness (QED) is 0.643. The van der Waals surface area contributed by atoms with Crippen molar-refractivity contribution in [3.8, 4) is 0 Å². The van der Waals surface area contributed by atoms with Crippen molar-refractivity contribution in [2.24, 2.45) is 0 Å². The zero-order valence-corrected chi connectivity index (χ0v) is 6.62. The van der Waals surface area contributed by atoms with Crippen LogP contribution in [0.4, 0.5) is 0 Å². The summed E-state index contributed by atoms with van der Waals surface area (Å²) < 4.78 is 0. The van der Waals surface area contributed by atoms with Crippen LogP contribution in [-0.2, 0) is 6.42 Å². The highest BCUT2D eigenvalue weighted by Crippen LogP contribution is 2.01. The maximum atomic E-state index is 8.55. The molecule has 1 atom stereocenters. The van der Waals surface area contributed by atoms with Crippen LogP contribution in [0.1, 0.15) is 12.5 Å². The van der Waals surface area contributed by atoms with E-state index < -0.39 is 0 Å². The normalized spacial score (nSPS) is 12.9. The monoisotopic (exact) mass is 151 g/mol. The lowest BCUT2D eigenvalue weighted by Gasteiger charge is -2.07. The first-order valence-electron chi connectivity index (χ1n) is 3.76. The molecule has 0 bridgehead atoms. The van der Waals surface area contributed by atoms with E-state index in [1.807, 2.05) is 37.3 Å². The van der Waals surface area contributed by atoms with E-state index in [1.54, 1.807) is 0 Å². The third-order valence-electron chi connectivity index (χ3n) is 1.61. The molecular formula is C9H13NO. The van der Waals surface area contributed by atoms with Gasteiger partial charge in [-0.1, -0.05) is 30.3 Å². The summed E-state index contributed by atoms with van der Waals surface area (Å²) in [6.07, 6.45) is 0.858. The Morgan fingerprint density at radius 1 is 1.36 bits per heavy atom. The molecule has 0 saturated carbocycles. The molecular weight excluding hydrogens is 138 g/mol. The molecule has 1 aromatic rings. The van der Waals surface area contributed by atoms with Crippen LogP contribution in [0.25, 0.3) is 0 Å². The van der Waals surface area contributed by atoms with Crippen LogP contribution in [0.2, 0.25) is 0 Å². The number of benzene rings is 1. The Hall–Kier alpha value is -0.860. The maximum Gasteiger partial charge on any atom is 0.0331 e. The molecule has 0 aliphatic carbocycles. The standard InChI is InChI=1S/C9H13NO/c1-8(10-11)7-9-5-3-2-4-6-9/h2-6,8,10-11H,7H2,1H3/t8-/m1/s1. The second kappa shape index (κ2) is 4.11. The Kier molecular flexibility index (Phi) is 3.08. The smallest absolute Gasteiger partial charge is 0.0331 e. The third-order valence-corrected chi connectivity index (χ3v) is 1.61. The highest BCUT2D eigenvalue weighted by atomic mass is 16.5. The number of hydroxylamine groups is 1. The zero-order valence-electron chi connectivity index (χ0n) is 6.62. The number of nitrogens with one attached hydrogen (secondary N) is 1. The number of hydrogen-bond donors (Lipinski definition) is 2. The van der Waals surface area contributed by atoms with Gasteiger partial charge in [-0.25, -0.2) is 5.48 Å². The summed E-state index contributed by atoms with van der Waals surface area (Å²) in [5.74, 6) is 0. The largest absolute Gasteiger partial charge is 0.317 e. The molecule has 0 heterocycles. The van der Waals surface area contributed by atoms with Gasteiger partial charge < -0.3 is 5.21 Å². The topological polar surface area (TPSA) is 32.3 Å². The van der Waals surface area contributed by atoms with Gasteiger partial charge in [0.25, 0.3) is 0 Å². The summed E-state index contributed by atoms with van der Waals surface area (Å²) in [7, 11) is 0. The van der Waals surface area contributed by atoms with Gasteiger partial charge in [0, 0.05) is 6.04 Å². The summed E-state index contributed by atoms with van der Waals surface area (Å²) in [5.41, 5.74) is 3.45. The van der Waals surface area contributed by atoms with Gasteiger partial charge in [-0.15, -0.1) is 0 Å². The molecule has 0 unspecified atom stereocenters. The summed E-state index contributed by atoms with van der Waals surface area (Å²) >= 11 is 0. The van der Waals surface area contributed by atoms with Crippen molar-refractivity contribution in [2.75, 3.05) is 0 Å². The molecule has 11 heavy (non-hydrogen) atoms. The molecule has 0 amide bonds. The van der Waals surface area contributed by atoms with Crippen LogP contribution in [0, 0.1) is 0 Å². The molecule has 0 aliphatic rings. The molecule has 0 radical (unpaired) electrons. The van der Waals surface area contributed by atoms with Gasteiger partial charge in [0.05, 0.1) is 0 Å². The second-order valence-electron chi connectivity index (χ2n) is 2.72. The molecule has 2 N–H and O–H groups in total. The van der Waals surface area contributed by atoms with Gasteiger partial charge in [-0.3, -0.25) is 0 Å². The second-order valence-corrected chi connectivity index (χ2v) is 2.72. The predicted octanol–water partition coefficient (Wildman–Crippen LogP) is 1.60. The van der Waals surface area contributed by atoms with Crippen LogP contribution in [0.15, 0.2) is 30.3 Å². The SMILES string of the molecule is C[C@H](Cc1ccccc1)NO. The summed E-state index contributed by atoms with van der Waals surface area (Å²) in [6.45, 7) is 1.94. The Morgan fingerprint density at radius 3 is 2.55 bits per heavy atom. The van der Waals surface area contributed by atoms with Crippen LogP contribution >= 0.6 is 0 Å². The van der Waals surface area contributed by atoms with E-state index in [0.717, 1.165) is 6.42 Å². The average Bonchev–Trinajstić information content (AvgIpc) is 2.06. The minimum absolute atomic E-state index is 0.123. The van der Waals surface area contributed by atoms with Gasteiger partial charge in [-0.2, -0.15) is 0 Å². The van der Waals surface area contributed by atoms with E-state index >= 15 is 0 Å². The highest BCUT2D eigenvalue weighted by molar-refractivity contribution is 5.15. The summed E-state index contributed by atoms with van der Waals surface area (Å²) in [5, 5.41) is 8.55. The van der Waals surface area contributed by atoms with E-state index in [0.29, 0.717) is 0 Å². The average molecular weight is 151 g/mol. The van der Waals surface area contributed by atoms with Gasteiger partial charge in [0.15, 0.2) is 0 Å². The van der Waals surface area contributed by atoms with E-state index in [4.69, 9.17) is 5.21 Å². The molecule has 60 valence electrons. The fourth-order valence-corrected chi connectivity index (χ4v) is 1.01. The van der Waals surface area contributed by atoms with Gasteiger partial charge >= 0.3 is 0 Å². The lowest BCUT2D eigenvalue weighted by molar-refractivity contribution is 0.133. The van der Waals surface area contributed by atoms with Crippen LogP contribution in [0.5, 0.6) is 0 Å². The molecule has 0 aliphatic heterocycles. The zero-order chi connectivity index (χ0) is 8.10. The van der Waals surface area contributed by atoms with Crippen LogP contribution in [0.3, 0.4) is 0 Å². The Bertz CT molecular complexity index is 198. The van der Waals surface area contributed by atoms with E-state index in [-0.39, 0.29) is 6.04 Å². The lowest BCUT2D eigenvalue weighted by atomic mass is 10.1. The molecule has 2 nitrogen and oxygen atoms in total. The molecule has 0 aromatic heterocycles. The molecule has 1 rings (SSSR count). The summed E-state index contributed by atoms with van der Waals surface area (Å²) in [4.78, 5) is 0. The van der Waals surface area contributed by atoms with Crippen molar-refractivity contribution >= 4 is 0 Å². The van der Waals surface area contributed by atoms with Gasteiger partial charge in [0.2, 0.25) is 0 Å². The highest BCUT2D eigenvalue weighted by Gasteiger charge is 1.98. The lowest BCUT2D eigenvalue weighted by Crippen LogP contribution is -2.24. The fraction of sp³-hybridized carbons (Fsp3) is 0.333. The van der Waals surface area contributed by atoms with Crippen molar-refractivity contribution in [2.45, 2.75) is 19.4 Å². The number of hydrogen-bond acceptors (Lipinski definition) is 2. The first-order chi connectivity index (χ1) is 5.33. The minimum Gasteiger partial charge on any atom is -0.317 e. The van der Waals surface area contributed by atoms with Crippen LogP contribution < -0.4 is 5.48 Å². The summed E-state index contributed by atoms with van der Waals surface area (Å²) in [6, 6.07) is 10.2. The van der Waals surface area contributed by atoms with Crippen LogP contribution in [-0.4, -0.2) is 11.2 Å². The molecule has 2 heteroatoms. The van der Waals surface area contributed by atoms with Crippen molar-refractivity contribution in [1.29, 1.82) is 0 Å². The molecule has 0 saturated heterocycles. The fourth-order valence-electron chi connectivity index (χ4n) is 1.01.